The topological polar surface area (TPSA) is 61.8 Å². The summed E-state index contributed by atoms with van der Waals surface area (Å²) >= 11 is 3.43. The van der Waals surface area contributed by atoms with Gasteiger partial charge in [0.1, 0.15) is 22.3 Å². The molecule has 1 aromatic heterocycles. The van der Waals surface area contributed by atoms with Crippen molar-refractivity contribution in [2.24, 2.45) is 0 Å². The van der Waals surface area contributed by atoms with Crippen LogP contribution >= 0.6 is 15.9 Å². The molecule has 0 saturated carbocycles. The second-order valence-corrected chi connectivity index (χ2v) is 8.71. The lowest BCUT2D eigenvalue weighted by Crippen LogP contribution is -2.26. The van der Waals surface area contributed by atoms with Gasteiger partial charge in [0.15, 0.2) is 0 Å². The molecule has 0 radical (unpaired) electrons. The molecule has 0 unspecified atom stereocenters. The van der Waals surface area contributed by atoms with E-state index in [1.54, 1.807) is 61.0 Å². The predicted molar refractivity (Wildman–Crippen MR) is 119 cm³/mol. The van der Waals surface area contributed by atoms with Crippen molar-refractivity contribution in [1.29, 1.82) is 5.26 Å². The van der Waals surface area contributed by atoms with E-state index in [-0.39, 0.29) is 12.1 Å². The van der Waals surface area contributed by atoms with E-state index in [9.17, 15) is 9.50 Å². The predicted octanol–water partition coefficient (Wildman–Crippen LogP) is 6.05. The largest absolute Gasteiger partial charge is 0.389 e. The van der Waals surface area contributed by atoms with Crippen LogP contribution in [0.3, 0.4) is 0 Å². The molecule has 0 aliphatic carbocycles. The minimum absolute atomic E-state index is 0.0445. The lowest BCUT2D eigenvalue weighted by atomic mass is 9.93. The number of nitrogens with zero attached hydrogens (tertiary/aromatic N) is 3. The smallest absolute Gasteiger partial charge is 0.141 e. The minimum Gasteiger partial charge on any atom is -0.389 e. The van der Waals surface area contributed by atoms with E-state index in [0.717, 1.165) is 0 Å². The highest BCUT2D eigenvalue weighted by molar-refractivity contribution is 9.10. The Morgan fingerprint density at radius 3 is 2.39 bits per heavy atom. The van der Waals surface area contributed by atoms with Crippen LogP contribution in [0.2, 0.25) is 0 Å². The fourth-order valence-corrected chi connectivity index (χ4v) is 4.10. The summed E-state index contributed by atoms with van der Waals surface area (Å²) < 4.78 is 31.6. The Morgan fingerprint density at radius 2 is 1.74 bits per heavy atom. The number of hydrogen-bond donors (Lipinski definition) is 1. The zero-order chi connectivity index (χ0) is 22.3. The molecule has 0 fully saturated rings. The van der Waals surface area contributed by atoms with Crippen molar-refractivity contribution in [3.8, 4) is 28.3 Å². The maximum absolute atomic E-state index is 15.3. The molecule has 31 heavy (non-hydrogen) atoms. The zero-order valence-corrected chi connectivity index (χ0v) is 18.4. The summed E-state index contributed by atoms with van der Waals surface area (Å²) in [5, 5.41) is 24.2. The second-order valence-electron chi connectivity index (χ2n) is 7.96. The highest BCUT2D eigenvalue weighted by Gasteiger charge is 2.20. The summed E-state index contributed by atoms with van der Waals surface area (Å²) in [7, 11) is 0. The first-order chi connectivity index (χ1) is 14.7. The molecule has 4 rings (SSSR count). The van der Waals surface area contributed by atoms with E-state index >= 15 is 4.39 Å². The van der Waals surface area contributed by atoms with Crippen LogP contribution < -0.4 is 0 Å². The van der Waals surface area contributed by atoms with Gasteiger partial charge < -0.3 is 5.11 Å². The van der Waals surface area contributed by atoms with Crippen LogP contribution in [0.1, 0.15) is 19.4 Å². The SMILES string of the molecule is CC(C)(O)Cn1nc(Br)c2cc(-c3ccccc3-c3ccc(C#N)c(F)c3)c(F)cc21. The molecule has 3 aromatic carbocycles. The van der Waals surface area contributed by atoms with Crippen LogP contribution in [0.4, 0.5) is 8.78 Å². The Kier molecular flexibility index (Phi) is 5.38. The first-order valence-corrected chi connectivity index (χ1v) is 10.3. The summed E-state index contributed by atoms with van der Waals surface area (Å²) in [5.74, 6) is -1.08. The lowest BCUT2D eigenvalue weighted by Gasteiger charge is -2.17. The summed E-state index contributed by atoms with van der Waals surface area (Å²) in [6.07, 6.45) is 0. The molecule has 0 aliphatic heterocycles. The van der Waals surface area contributed by atoms with E-state index in [4.69, 9.17) is 5.26 Å². The first kappa shape index (κ1) is 21.2. The van der Waals surface area contributed by atoms with Gasteiger partial charge in [0.05, 0.1) is 23.2 Å². The zero-order valence-electron chi connectivity index (χ0n) is 16.8. The molecule has 0 aliphatic rings. The molecule has 0 bridgehead atoms. The van der Waals surface area contributed by atoms with Crippen molar-refractivity contribution in [3.63, 3.8) is 0 Å². The Balaban J connectivity index is 1.89. The third-order valence-corrected chi connectivity index (χ3v) is 5.53. The second kappa shape index (κ2) is 7.88. The fourth-order valence-electron chi connectivity index (χ4n) is 3.59. The van der Waals surface area contributed by atoms with Crippen molar-refractivity contribution in [2.75, 3.05) is 0 Å². The average Bonchev–Trinajstić information content (AvgIpc) is 3.00. The lowest BCUT2D eigenvalue weighted by molar-refractivity contribution is 0.0590. The van der Waals surface area contributed by atoms with Gasteiger partial charge >= 0.3 is 0 Å². The summed E-state index contributed by atoms with van der Waals surface area (Å²) in [5.41, 5.74) is 1.62. The normalized spacial score (nSPS) is 11.6. The number of benzene rings is 3. The molecular weight excluding hydrogens is 464 g/mol. The number of halogens is 3. The summed E-state index contributed by atoms with van der Waals surface area (Å²) in [6.45, 7) is 3.52. The number of nitriles is 1. The van der Waals surface area contributed by atoms with Crippen LogP contribution in [0.5, 0.6) is 0 Å². The van der Waals surface area contributed by atoms with Crippen LogP contribution in [0.25, 0.3) is 33.2 Å². The van der Waals surface area contributed by atoms with Gasteiger partial charge in [-0.15, -0.1) is 0 Å². The molecule has 4 aromatic rings. The van der Waals surface area contributed by atoms with Crippen molar-refractivity contribution in [2.45, 2.75) is 26.0 Å². The van der Waals surface area contributed by atoms with E-state index in [1.807, 2.05) is 0 Å². The molecule has 0 atom stereocenters. The van der Waals surface area contributed by atoms with Gasteiger partial charge in [-0.3, -0.25) is 4.68 Å². The first-order valence-electron chi connectivity index (χ1n) is 9.55. The Bertz CT molecular complexity index is 1350. The molecular formula is C24H18BrF2N3O. The molecule has 4 nitrogen and oxygen atoms in total. The maximum atomic E-state index is 15.3. The van der Waals surface area contributed by atoms with E-state index in [1.165, 1.54) is 18.2 Å². The number of aliphatic hydroxyl groups is 1. The summed E-state index contributed by atoms with van der Waals surface area (Å²) in [6, 6.07) is 16.4. The van der Waals surface area contributed by atoms with Crippen LogP contribution in [0.15, 0.2) is 59.2 Å². The fraction of sp³-hybridized carbons (Fsp3) is 0.167. The molecule has 0 spiro atoms. The van der Waals surface area contributed by atoms with Gasteiger partial charge in [0, 0.05) is 17.0 Å². The van der Waals surface area contributed by atoms with Crippen LogP contribution in [-0.4, -0.2) is 20.5 Å². The Hall–Kier alpha value is -3.08. The monoisotopic (exact) mass is 481 g/mol. The molecule has 1 N–H and O–H groups in total. The minimum atomic E-state index is -1.01. The number of aromatic nitrogens is 2. The summed E-state index contributed by atoms with van der Waals surface area (Å²) in [4.78, 5) is 0. The maximum Gasteiger partial charge on any atom is 0.141 e. The quantitative estimate of drug-likeness (QED) is 0.385. The van der Waals surface area contributed by atoms with Crippen molar-refractivity contribution in [3.05, 3.63) is 76.4 Å². The van der Waals surface area contributed by atoms with Crippen molar-refractivity contribution >= 4 is 26.8 Å². The van der Waals surface area contributed by atoms with E-state index < -0.39 is 17.2 Å². The number of fused-ring (bicyclic) bond motifs is 1. The molecule has 0 saturated heterocycles. The highest BCUT2D eigenvalue weighted by Crippen LogP contribution is 2.37. The Labute approximate surface area is 186 Å². The van der Waals surface area contributed by atoms with Gasteiger partial charge in [-0.25, -0.2) is 8.78 Å². The number of hydrogen-bond acceptors (Lipinski definition) is 3. The standard InChI is InChI=1S/C24H18BrF2N3O/c1-24(2,31)13-30-22-11-21(27)18(10-19(22)23(25)29-30)17-6-4-3-5-16(17)14-7-8-15(12-28)20(26)9-14/h3-11,31H,13H2,1-2H3. The van der Waals surface area contributed by atoms with E-state index in [2.05, 4.69) is 21.0 Å². The Morgan fingerprint density at radius 1 is 1.03 bits per heavy atom. The van der Waals surface area contributed by atoms with E-state index in [0.29, 0.717) is 37.8 Å². The third kappa shape index (κ3) is 4.09. The molecule has 1 heterocycles. The van der Waals surface area contributed by atoms with Crippen LogP contribution in [0, 0.1) is 23.0 Å². The van der Waals surface area contributed by atoms with Gasteiger partial charge in [0.2, 0.25) is 0 Å². The van der Waals surface area contributed by atoms with Gasteiger partial charge in [-0.1, -0.05) is 30.3 Å². The molecule has 156 valence electrons. The van der Waals surface area contributed by atoms with Crippen LogP contribution in [-0.2, 0) is 6.54 Å². The van der Waals surface area contributed by atoms with Gasteiger partial charge in [-0.05, 0) is 64.7 Å². The highest BCUT2D eigenvalue weighted by atomic mass is 79.9. The average molecular weight is 482 g/mol. The van der Waals surface area contributed by atoms with Crippen molar-refractivity contribution < 1.29 is 13.9 Å². The van der Waals surface area contributed by atoms with Gasteiger partial charge in [-0.2, -0.15) is 10.4 Å². The third-order valence-electron chi connectivity index (χ3n) is 4.95. The molecule has 0 amide bonds. The van der Waals surface area contributed by atoms with Crippen molar-refractivity contribution in [1.82, 2.24) is 9.78 Å². The number of rotatable bonds is 4. The molecule has 7 heteroatoms. The van der Waals surface area contributed by atoms with Gasteiger partial charge in [0.25, 0.3) is 0 Å².